The summed E-state index contributed by atoms with van der Waals surface area (Å²) in [6.07, 6.45) is -4.57. The van der Waals surface area contributed by atoms with Crippen LogP contribution in [0.2, 0.25) is 0 Å². The second kappa shape index (κ2) is 6.97. The first-order valence-electron chi connectivity index (χ1n) is 7.31. The molecule has 2 heterocycles. The number of halogens is 3. The minimum absolute atomic E-state index is 0.139. The monoisotopic (exact) mass is 382 g/mol. The van der Waals surface area contributed by atoms with Crippen molar-refractivity contribution in [3.63, 3.8) is 0 Å². The average Bonchev–Trinajstić information content (AvgIpc) is 3.21. The van der Waals surface area contributed by atoms with Crippen LogP contribution in [-0.2, 0) is 12.7 Å². The number of amides is 1. The summed E-state index contributed by atoms with van der Waals surface area (Å²) >= 11 is 2.99. The number of benzene rings is 1. The van der Waals surface area contributed by atoms with Gasteiger partial charge in [-0.25, -0.2) is 4.98 Å². The summed E-state index contributed by atoms with van der Waals surface area (Å²) in [5.41, 5.74) is -0.554. The molecule has 130 valence electrons. The number of nitrogens with one attached hydrogen (secondary N) is 1. The molecule has 3 aromatic rings. The lowest BCUT2D eigenvalue weighted by Gasteiger charge is -2.12. The van der Waals surface area contributed by atoms with E-state index in [0.29, 0.717) is 0 Å². The zero-order chi connectivity index (χ0) is 18.0. The van der Waals surface area contributed by atoms with Crippen molar-refractivity contribution in [2.24, 2.45) is 0 Å². The molecule has 3 nitrogen and oxygen atoms in total. The summed E-state index contributed by atoms with van der Waals surface area (Å²) in [5.74, 6) is -0.751. The Morgan fingerprint density at radius 3 is 2.64 bits per heavy atom. The highest BCUT2D eigenvalue weighted by molar-refractivity contribution is 7.21. The lowest BCUT2D eigenvalue weighted by atomic mass is 10.1. The van der Waals surface area contributed by atoms with Gasteiger partial charge >= 0.3 is 6.18 Å². The van der Waals surface area contributed by atoms with Gasteiger partial charge in [-0.15, -0.1) is 22.7 Å². The molecule has 1 N–H and O–H groups in total. The summed E-state index contributed by atoms with van der Waals surface area (Å²) in [5, 5.41) is 5.35. The smallest absolute Gasteiger partial charge is 0.347 e. The second-order valence-electron chi connectivity index (χ2n) is 5.23. The SMILES string of the molecule is Cc1nc(-c2cccs2)sc1CNC(=O)c1ccccc1C(F)(F)F. The van der Waals surface area contributed by atoms with Gasteiger partial charge in [-0.3, -0.25) is 4.79 Å². The Hall–Kier alpha value is -2.19. The highest BCUT2D eigenvalue weighted by Gasteiger charge is 2.34. The van der Waals surface area contributed by atoms with Crippen molar-refractivity contribution in [2.75, 3.05) is 0 Å². The quantitative estimate of drug-likeness (QED) is 0.680. The number of hydrogen-bond acceptors (Lipinski definition) is 4. The lowest BCUT2D eigenvalue weighted by Crippen LogP contribution is -2.25. The number of thiophene rings is 1. The molecule has 0 fully saturated rings. The molecule has 1 amide bonds. The first-order valence-corrected chi connectivity index (χ1v) is 9.00. The number of hydrogen-bond donors (Lipinski definition) is 1. The van der Waals surface area contributed by atoms with Crippen LogP contribution in [0.4, 0.5) is 13.2 Å². The fraction of sp³-hybridized carbons (Fsp3) is 0.176. The number of aromatic nitrogens is 1. The van der Waals surface area contributed by atoms with Gasteiger partial charge in [0.25, 0.3) is 5.91 Å². The largest absolute Gasteiger partial charge is 0.417 e. The Kier molecular flexibility index (Phi) is 4.91. The molecule has 8 heteroatoms. The van der Waals surface area contributed by atoms with Crippen LogP contribution in [0.15, 0.2) is 41.8 Å². The van der Waals surface area contributed by atoms with Crippen LogP contribution in [0, 0.1) is 6.92 Å². The van der Waals surface area contributed by atoms with Crippen LogP contribution in [0.3, 0.4) is 0 Å². The molecular formula is C17H13F3N2OS2. The van der Waals surface area contributed by atoms with Crippen LogP contribution in [-0.4, -0.2) is 10.9 Å². The van der Waals surface area contributed by atoms with Gasteiger partial charge in [-0.2, -0.15) is 13.2 Å². The molecule has 0 saturated heterocycles. The van der Waals surface area contributed by atoms with Crippen LogP contribution >= 0.6 is 22.7 Å². The molecule has 0 radical (unpaired) electrons. The maximum Gasteiger partial charge on any atom is 0.417 e. The number of thiazole rings is 1. The molecule has 0 atom stereocenters. The van der Waals surface area contributed by atoms with Crippen molar-refractivity contribution in [3.05, 3.63) is 63.5 Å². The van der Waals surface area contributed by atoms with Crippen LogP contribution < -0.4 is 5.32 Å². The van der Waals surface area contributed by atoms with Crippen molar-refractivity contribution in [1.82, 2.24) is 10.3 Å². The van der Waals surface area contributed by atoms with Gasteiger partial charge in [-0.05, 0) is 30.5 Å². The molecule has 0 aliphatic heterocycles. The highest BCUT2D eigenvalue weighted by atomic mass is 32.1. The Morgan fingerprint density at radius 1 is 1.20 bits per heavy atom. The topological polar surface area (TPSA) is 42.0 Å². The maximum absolute atomic E-state index is 13.0. The number of nitrogens with zero attached hydrogens (tertiary/aromatic N) is 1. The molecule has 25 heavy (non-hydrogen) atoms. The molecule has 0 aliphatic rings. The van der Waals surface area contributed by atoms with Crippen LogP contribution in [0.25, 0.3) is 9.88 Å². The summed E-state index contributed by atoms with van der Waals surface area (Å²) < 4.78 is 39.0. The number of aryl methyl sites for hydroxylation is 1. The summed E-state index contributed by atoms with van der Waals surface area (Å²) in [7, 11) is 0. The summed E-state index contributed by atoms with van der Waals surface area (Å²) in [6.45, 7) is 1.96. The summed E-state index contributed by atoms with van der Waals surface area (Å²) in [6, 6.07) is 8.63. The van der Waals surface area contributed by atoms with E-state index in [1.54, 1.807) is 11.3 Å². The van der Waals surface area contributed by atoms with E-state index in [1.807, 2.05) is 24.4 Å². The summed E-state index contributed by atoms with van der Waals surface area (Å²) in [4.78, 5) is 18.5. The fourth-order valence-electron chi connectivity index (χ4n) is 2.28. The van der Waals surface area contributed by atoms with E-state index in [2.05, 4.69) is 10.3 Å². The predicted octanol–water partition coefficient (Wildman–Crippen LogP) is 5.13. The van der Waals surface area contributed by atoms with Crippen molar-refractivity contribution in [3.8, 4) is 9.88 Å². The van der Waals surface area contributed by atoms with Gasteiger partial charge in [-0.1, -0.05) is 18.2 Å². The van der Waals surface area contributed by atoms with E-state index in [-0.39, 0.29) is 12.1 Å². The zero-order valence-corrected chi connectivity index (χ0v) is 14.7. The number of carbonyl (C=O) groups is 1. The molecule has 0 saturated carbocycles. The molecule has 2 aromatic heterocycles. The number of carbonyl (C=O) groups excluding carboxylic acids is 1. The standard InChI is InChI=1S/C17H13F3N2OS2/c1-10-14(25-16(22-10)13-7-4-8-24-13)9-21-15(23)11-5-2-3-6-12(11)17(18,19)20/h2-8H,9H2,1H3,(H,21,23). The van der Waals surface area contributed by atoms with Gasteiger partial charge in [0, 0.05) is 4.88 Å². The van der Waals surface area contributed by atoms with E-state index < -0.39 is 17.6 Å². The van der Waals surface area contributed by atoms with Gasteiger partial charge in [0.15, 0.2) is 0 Å². The Labute approximate surface area is 150 Å². The molecule has 3 rings (SSSR count). The van der Waals surface area contributed by atoms with E-state index in [0.717, 1.165) is 26.5 Å². The Balaban J connectivity index is 1.76. The fourth-order valence-corrected chi connectivity index (χ4v) is 4.08. The van der Waals surface area contributed by atoms with Gasteiger partial charge in [0.2, 0.25) is 0 Å². The third kappa shape index (κ3) is 3.91. The zero-order valence-electron chi connectivity index (χ0n) is 13.1. The van der Waals surface area contributed by atoms with Gasteiger partial charge in [0.1, 0.15) is 5.01 Å². The second-order valence-corrected chi connectivity index (χ2v) is 7.26. The Bertz CT molecular complexity index is 886. The van der Waals surface area contributed by atoms with Crippen molar-refractivity contribution in [1.29, 1.82) is 0 Å². The maximum atomic E-state index is 13.0. The third-order valence-electron chi connectivity index (χ3n) is 3.51. The lowest BCUT2D eigenvalue weighted by molar-refractivity contribution is -0.137. The number of rotatable bonds is 4. The normalized spacial score (nSPS) is 11.5. The molecule has 0 unspecified atom stereocenters. The average molecular weight is 382 g/mol. The van der Waals surface area contributed by atoms with Gasteiger partial charge < -0.3 is 5.32 Å². The van der Waals surface area contributed by atoms with E-state index in [1.165, 1.54) is 29.5 Å². The molecule has 0 bridgehead atoms. The third-order valence-corrected chi connectivity index (χ3v) is 5.71. The highest BCUT2D eigenvalue weighted by Crippen LogP contribution is 2.33. The molecule has 0 aliphatic carbocycles. The van der Waals surface area contributed by atoms with E-state index >= 15 is 0 Å². The minimum atomic E-state index is -4.57. The number of alkyl halides is 3. The van der Waals surface area contributed by atoms with E-state index in [9.17, 15) is 18.0 Å². The van der Waals surface area contributed by atoms with Crippen molar-refractivity contribution >= 4 is 28.6 Å². The van der Waals surface area contributed by atoms with Crippen LogP contribution in [0.5, 0.6) is 0 Å². The van der Waals surface area contributed by atoms with Crippen molar-refractivity contribution < 1.29 is 18.0 Å². The molecular weight excluding hydrogens is 369 g/mol. The molecule has 1 aromatic carbocycles. The Morgan fingerprint density at radius 2 is 1.96 bits per heavy atom. The predicted molar refractivity (Wildman–Crippen MR) is 92.8 cm³/mol. The first-order chi connectivity index (χ1) is 11.9. The van der Waals surface area contributed by atoms with E-state index in [4.69, 9.17) is 0 Å². The minimum Gasteiger partial charge on any atom is -0.347 e. The van der Waals surface area contributed by atoms with Crippen molar-refractivity contribution in [2.45, 2.75) is 19.6 Å². The first kappa shape index (κ1) is 17.6. The van der Waals surface area contributed by atoms with Crippen LogP contribution in [0.1, 0.15) is 26.5 Å². The molecule has 0 spiro atoms. The van der Waals surface area contributed by atoms with Gasteiger partial charge in [0.05, 0.1) is 28.2 Å².